The van der Waals surface area contributed by atoms with Gasteiger partial charge in [0.25, 0.3) is 5.91 Å². The number of hydrogen-bond acceptors (Lipinski definition) is 6. The molecule has 4 rings (SSSR count). The first-order chi connectivity index (χ1) is 17.6. The number of rotatable bonds is 9. The molecule has 1 amide bonds. The molecule has 1 heterocycles. The minimum absolute atomic E-state index is 0.0554. The first-order valence-corrected chi connectivity index (χ1v) is 14.3. The van der Waals surface area contributed by atoms with Gasteiger partial charge in [-0.1, -0.05) is 39.8 Å². The maximum absolute atomic E-state index is 13.6. The highest BCUT2D eigenvalue weighted by molar-refractivity contribution is 9.10. The fraction of sp³-hybridized carbons (Fsp3) is 0.160. The number of amides is 1. The summed E-state index contributed by atoms with van der Waals surface area (Å²) in [7, 11) is -0.704. The number of nitrogens with one attached hydrogen (secondary N) is 1. The molecule has 0 aliphatic heterocycles. The number of thioether (sulfide) groups is 1. The lowest BCUT2D eigenvalue weighted by atomic mass is 10.2. The van der Waals surface area contributed by atoms with E-state index in [1.54, 1.807) is 16.7 Å². The number of benzene rings is 3. The van der Waals surface area contributed by atoms with Crippen molar-refractivity contribution < 1.29 is 17.6 Å². The third kappa shape index (κ3) is 6.45. The maximum atomic E-state index is 13.6. The van der Waals surface area contributed by atoms with E-state index >= 15 is 0 Å². The molecule has 0 aliphatic carbocycles. The molecule has 0 fully saturated rings. The van der Waals surface area contributed by atoms with Crippen LogP contribution in [0.2, 0.25) is 0 Å². The molecule has 1 N–H and O–H groups in total. The average Bonchev–Trinajstić information content (AvgIpc) is 3.30. The van der Waals surface area contributed by atoms with Gasteiger partial charge < -0.3 is 5.32 Å². The smallest absolute Gasteiger partial charge is 0.251 e. The molecule has 0 spiro atoms. The van der Waals surface area contributed by atoms with Crippen LogP contribution in [0.5, 0.6) is 0 Å². The minimum Gasteiger partial charge on any atom is -0.345 e. The van der Waals surface area contributed by atoms with Gasteiger partial charge in [0.2, 0.25) is 10.0 Å². The molecule has 0 unspecified atom stereocenters. The summed E-state index contributed by atoms with van der Waals surface area (Å²) in [6, 6.07) is 19.6. The van der Waals surface area contributed by atoms with E-state index in [1.165, 1.54) is 62.3 Å². The molecule has 0 saturated heterocycles. The Morgan fingerprint density at radius 1 is 1.00 bits per heavy atom. The highest BCUT2D eigenvalue weighted by Crippen LogP contribution is 2.26. The van der Waals surface area contributed by atoms with E-state index in [4.69, 9.17) is 0 Å². The van der Waals surface area contributed by atoms with Gasteiger partial charge in [0.05, 0.1) is 11.4 Å². The highest BCUT2D eigenvalue weighted by atomic mass is 79.9. The second kappa shape index (κ2) is 11.5. The van der Waals surface area contributed by atoms with Crippen molar-refractivity contribution >= 4 is 43.6 Å². The van der Waals surface area contributed by atoms with Crippen molar-refractivity contribution in [1.82, 2.24) is 24.4 Å². The Bertz CT molecular complexity index is 1490. The predicted octanol–water partition coefficient (Wildman–Crippen LogP) is 4.64. The topological polar surface area (TPSA) is 97.2 Å². The van der Waals surface area contributed by atoms with Crippen LogP contribution in [-0.4, -0.2) is 47.5 Å². The zero-order valence-electron chi connectivity index (χ0n) is 19.9. The SMILES string of the molecule is CN(C)S(=O)(=O)c1ccc(C(=O)NCc2nnc(SCc3ccc(Br)cc3)n2-c2ccc(F)cc2)cc1. The van der Waals surface area contributed by atoms with Crippen LogP contribution in [0.4, 0.5) is 4.39 Å². The van der Waals surface area contributed by atoms with E-state index in [9.17, 15) is 17.6 Å². The third-order valence-electron chi connectivity index (χ3n) is 5.37. The van der Waals surface area contributed by atoms with Gasteiger partial charge in [-0.05, 0) is 66.2 Å². The standard InChI is InChI=1S/C25H23BrFN5O3S2/c1-31(2)37(34,35)22-13-5-18(6-14-22)24(33)28-15-23-29-30-25(32(23)21-11-9-20(27)10-12-21)36-16-17-3-7-19(26)8-4-17/h3-14H,15-16H2,1-2H3,(H,28,33). The van der Waals surface area contributed by atoms with Crippen LogP contribution in [0.25, 0.3) is 5.69 Å². The second-order valence-corrected chi connectivity index (χ2v) is 12.1. The van der Waals surface area contributed by atoms with Crippen LogP contribution in [0.1, 0.15) is 21.7 Å². The molecule has 4 aromatic rings. The zero-order chi connectivity index (χ0) is 26.6. The molecule has 12 heteroatoms. The van der Waals surface area contributed by atoms with E-state index in [2.05, 4.69) is 31.4 Å². The van der Waals surface area contributed by atoms with Crippen LogP contribution < -0.4 is 5.32 Å². The average molecular weight is 605 g/mol. The molecule has 0 aliphatic rings. The largest absolute Gasteiger partial charge is 0.345 e. The number of halogens is 2. The van der Waals surface area contributed by atoms with Crippen LogP contribution >= 0.6 is 27.7 Å². The van der Waals surface area contributed by atoms with Crippen LogP contribution in [-0.2, 0) is 22.3 Å². The van der Waals surface area contributed by atoms with Gasteiger partial charge in [-0.3, -0.25) is 9.36 Å². The number of hydrogen-bond donors (Lipinski definition) is 1. The number of nitrogens with zero attached hydrogens (tertiary/aromatic N) is 4. The van der Waals surface area contributed by atoms with Crippen LogP contribution in [0, 0.1) is 5.82 Å². The molecule has 0 saturated carbocycles. The van der Waals surface area contributed by atoms with E-state index in [0.717, 1.165) is 14.3 Å². The molecule has 1 aromatic heterocycles. The van der Waals surface area contributed by atoms with Gasteiger partial charge in [0, 0.05) is 35.6 Å². The van der Waals surface area contributed by atoms with Crippen LogP contribution in [0.15, 0.2) is 87.3 Å². The number of carbonyl (C=O) groups excluding carboxylic acids is 1. The highest BCUT2D eigenvalue weighted by Gasteiger charge is 2.19. The Kier molecular flexibility index (Phi) is 8.42. The molecule has 0 bridgehead atoms. The molecule has 8 nitrogen and oxygen atoms in total. The number of carbonyl (C=O) groups is 1. The van der Waals surface area contributed by atoms with E-state index in [-0.39, 0.29) is 17.3 Å². The zero-order valence-corrected chi connectivity index (χ0v) is 23.1. The Labute approximate surface area is 227 Å². The van der Waals surface area contributed by atoms with Crippen LogP contribution in [0.3, 0.4) is 0 Å². The van der Waals surface area contributed by atoms with Gasteiger partial charge in [-0.2, -0.15) is 0 Å². The number of sulfonamides is 1. The number of aromatic nitrogens is 3. The summed E-state index contributed by atoms with van der Waals surface area (Å²) in [5, 5.41) is 12.0. The Morgan fingerprint density at radius 2 is 1.65 bits per heavy atom. The first-order valence-electron chi connectivity index (χ1n) is 11.0. The third-order valence-corrected chi connectivity index (χ3v) is 8.73. The summed E-state index contributed by atoms with van der Waals surface area (Å²) in [5.41, 5.74) is 2.05. The summed E-state index contributed by atoms with van der Waals surface area (Å²) >= 11 is 4.90. The lowest BCUT2D eigenvalue weighted by molar-refractivity contribution is 0.0949. The predicted molar refractivity (Wildman–Crippen MR) is 144 cm³/mol. The van der Waals surface area contributed by atoms with Gasteiger partial charge in [-0.15, -0.1) is 10.2 Å². The van der Waals surface area contributed by atoms with Gasteiger partial charge >= 0.3 is 0 Å². The van der Waals surface area contributed by atoms with Crippen molar-refractivity contribution in [3.8, 4) is 5.69 Å². The lowest BCUT2D eigenvalue weighted by Gasteiger charge is -2.12. The molecule has 3 aromatic carbocycles. The summed E-state index contributed by atoms with van der Waals surface area (Å²) < 4.78 is 42.0. The van der Waals surface area contributed by atoms with Crippen molar-refractivity contribution in [2.45, 2.75) is 22.3 Å². The molecule has 0 atom stereocenters. The van der Waals surface area contributed by atoms with Crippen molar-refractivity contribution in [3.05, 3.63) is 100 Å². The Hall–Kier alpha value is -3.06. The summed E-state index contributed by atoms with van der Waals surface area (Å²) in [6.45, 7) is 0.0554. The maximum Gasteiger partial charge on any atom is 0.251 e. The van der Waals surface area contributed by atoms with Crippen molar-refractivity contribution in [1.29, 1.82) is 0 Å². The molecular formula is C25H23BrFN5O3S2. The van der Waals surface area contributed by atoms with Gasteiger partial charge in [0.1, 0.15) is 5.82 Å². The summed E-state index contributed by atoms with van der Waals surface area (Å²) in [6.07, 6.45) is 0. The lowest BCUT2D eigenvalue weighted by Crippen LogP contribution is -2.25. The summed E-state index contributed by atoms with van der Waals surface area (Å²) in [4.78, 5) is 12.9. The fourth-order valence-corrected chi connectivity index (χ4v) is 5.43. The Morgan fingerprint density at radius 3 is 2.27 bits per heavy atom. The summed E-state index contributed by atoms with van der Waals surface area (Å²) in [5.74, 6) is 0.341. The van der Waals surface area contributed by atoms with E-state index in [1.807, 2.05) is 24.3 Å². The minimum atomic E-state index is -3.59. The van der Waals surface area contributed by atoms with E-state index in [0.29, 0.717) is 28.0 Å². The normalized spacial score (nSPS) is 11.6. The van der Waals surface area contributed by atoms with Gasteiger partial charge in [0.15, 0.2) is 11.0 Å². The fourth-order valence-electron chi connectivity index (χ4n) is 3.34. The van der Waals surface area contributed by atoms with Crippen molar-refractivity contribution in [3.63, 3.8) is 0 Å². The van der Waals surface area contributed by atoms with Gasteiger partial charge in [-0.25, -0.2) is 17.1 Å². The molecular weight excluding hydrogens is 581 g/mol. The Balaban J connectivity index is 1.52. The second-order valence-electron chi connectivity index (χ2n) is 8.12. The monoisotopic (exact) mass is 603 g/mol. The van der Waals surface area contributed by atoms with Crippen molar-refractivity contribution in [2.75, 3.05) is 14.1 Å². The molecule has 192 valence electrons. The molecule has 0 radical (unpaired) electrons. The first kappa shape index (κ1) is 27.0. The van der Waals surface area contributed by atoms with Crippen molar-refractivity contribution in [2.24, 2.45) is 0 Å². The molecule has 37 heavy (non-hydrogen) atoms. The van der Waals surface area contributed by atoms with E-state index < -0.39 is 15.9 Å². The quantitative estimate of drug-likeness (QED) is 0.280.